The van der Waals surface area contributed by atoms with Gasteiger partial charge in [-0.05, 0) is 42.2 Å². The average Bonchev–Trinajstić information content (AvgIpc) is 3.54. The molecule has 1 atom stereocenters. The van der Waals surface area contributed by atoms with Gasteiger partial charge in [-0.1, -0.05) is 49.1 Å². The van der Waals surface area contributed by atoms with E-state index in [0.717, 1.165) is 35.5 Å². The molecule has 0 bridgehead atoms. The monoisotopic (exact) mass is 382 g/mol. The van der Waals surface area contributed by atoms with E-state index in [0.29, 0.717) is 12.5 Å². The number of pyridine rings is 1. The first-order valence-electron chi connectivity index (χ1n) is 9.92. The van der Waals surface area contributed by atoms with Crippen LogP contribution in [0.2, 0.25) is 0 Å². The molecule has 1 aromatic carbocycles. The zero-order valence-corrected chi connectivity index (χ0v) is 16.1. The Labute approximate surface area is 169 Å². The molecule has 0 aliphatic heterocycles. The summed E-state index contributed by atoms with van der Waals surface area (Å²) in [5.74, 6) is 0.572. The lowest BCUT2D eigenvalue weighted by Crippen LogP contribution is -2.32. The van der Waals surface area contributed by atoms with E-state index in [1.54, 1.807) is 0 Å². The molecule has 1 saturated carbocycles. The molecule has 5 nitrogen and oxygen atoms in total. The van der Waals surface area contributed by atoms with Crippen LogP contribution in [0.1, 0.15) is 40.0 Å². The van der Waals surface area contributed by atoms with Crippen LogP contribution in [0, 0.1) is 0 Å². The maximum Gasteiger partial charge on any atom is 0.270 e. The van der Waals surface area contributed by atoms with Gasteiger partial charge in [-0.3, -0.25) is 9.78 Å². The first-order valence-corrected chi connectivity index (χ1v) is 9.92. The second kappa shape index (κ2) is 6.85. The summed E-state index contributed by atoms with van der Waals surface area (Å²) >= 11 is 0. The summed E-state index contributed by atoms with van der Waals surface area (Å²) < 4.78 is 1.51. The van der Waals surface area contributed by atoms with Gasteiger partial charge in [0.05, 0.1) is 5.69 Å². The number of hydrogen-bond acceptors (Lipinski definition) is 4. The minimum Gasteiger partial charge on any atom is -0.365 e. The van der Waals surface area contributed by atoms with E-state index in [9.17, 15) is 4.79 Å². The number of rotatable bonds is 5. The number of carbonyl (C=O) groups is 1. The molecule has 3 aromatic rings. The van der Waals surface area contributed by atoms with Gasteiger partial charge in [0.2, 0.25) is 0 Å². The highest BCUT2D eigenvalue weighted by Gasteiger charge is 2.38. The van der Waals surface area contributed by atoms with Crippen LogP contribution in [0.5, 0.6) is 0 Å². The van der Waals surface area contributed by atoms with Crippen LogP contribution < -0.4 is 5.32 Å². The topological polar surface area (TPSA) is 59.8 Å². The number of carbonyl (C=O) groups excluding carboxylic acids is 1. The zero-order valence-electron chi connectivity index (χ0n) is 16.1. The minimum atomic E-state index is -0.396. The quantitative estimate of drug-likeness (QED) is 0.671. The summed E-state index contributed by atoms with van der Waals surface area (Å²) in [4.78, 5) is 16.8. The normalized spacial score (nSPS) is 20.1. The maximum absolute atomic E-state index is 12.6. The van der Waals surface area contributed by atoms with Crippen molar-refractivity contribution >= 4 is 17.8 Å². The summed E-state index contributed by atoms with van der Waals surface area (Å²) in [6.07, 6.45) is 12.2. The van der Waals surface area contributed by atoms with Crippen LogP contribution >= 0.6 is 0 Å². The molecule has 2 aromatic heterocycles. The van der Waals surface area contributed by atoms with E-state index in [4.69, 9.17) is 0 Å². The zero-order chi connectivity index (χ0) is 19.8. The van der Waals surface area contributed by atoms with Gasteiger partial charge in [0.25, 0.3) is 5.91 Å². The number of fused-ring (bicyclic) bond motifs is 1. The van der Waals surface area contributed by atoms with E-state index in [1.807, 2.05) is 42.7 Å². The highest BCUT2D eigenvalue weighted by Crippen LogP contribution is 2.43. The number of allylic oxidation sites excluding steroid dienone is 2. The van der Waals surface area contributed by atoms with Crippen molar-refractivity contribution < 1.29 is 4.79 Å². The number of benzene rings is 1. The van der Waals surface area contributed by atoms with Crippen molar-refractivity contribution in [1.29, 1.82) is 0 Å². The number of hydrogen-bond donors (Lipinski definition) is 1. The van der Waals surface area contributed by atoms with Gasteiger partial charge >= 0.3 is 0 Å². The van der Waals surface area contributed by atoms with E-state index < -0.39 is 5.41 Å². The first-order chi connectivity index (χ1) is 14.2. The molecule has 0 spiro atoms. The van der Waals surface area contributed by atoms with Crippen molar-refractivity contribution in [2.75, 3.05) is 5.32 Å². The Morgan fingerprint density at radius 2 is 1.86 bits per heavy atom. The fourth-order valence-corrected chi connectivity index (χ4v) is 4.10. The molecule has 2 heterocycles. The molecule has 144 valence electrons. The van der Waals surface area contributed by atoms with Crippen LogP contribution in [0.4, 0.5) is 5.82 Å². The standard InChI is InChI=1S/C24H22N4O/c1-2-22(29)28-21-16-24(17-6-4-3-5-7-17,18-11-14-25-15-12-18)13-10-20(21)23(27-28)26-19-8-9-19/h2-7,10-15,19H,1,8-9,16H2,(H,26,27). The summed E-state index contributed by atoms with van der Waals surface area (Å²) in [5, 5.41) is 8.09. The molecule has 1 unspecified atom stereocenters. The molecule has 2 aliphatic rings. The molecule has 1 fully saturated rings. The third-order valence-corrected chi connectivity index (χ3v) is 5.79. The van der Waals surface area contributed by atoms with Gasteiger partial charge in [0.15, 0.2) is 5.82 Å². The molecular weight excluding hydrogens is 360 g/mol. The van der Waals surface area contributed by atoms with Crippen molar-refractivity contribution in [3.63, 3.8) is 0 Å². The highest BCUT2D eigenvalue weighted by atomic mass is 16.2. The van der Waals surface area contributed by atoms with Gasteiger partial charge in [-0.15, -0.1) is 5.10 Å². The van der Waals surface area contributed by atoms with Gasteiger partial charge in [0, 0.05) is 35.8 Å². The van der Waals surface area contributed by atoms with Gasteiger partial charge in [-0.25, -0.2) is 0 Å². The fourth-order valence-electron chi connectivity index (χ4n) is 4.10. The van der Waals surface area contributed by atoms with Crippen molar-refractivity contribution in [1.82, 2.24) is 14.8 Å². The van der Waals surface area contributed by atoms with E-state index in [-0.39, 0.29) is 5.91 Å². The van der Waals surface area contributed by atoms with E-state index >= 15 is 0 Å². The molecule has 0 radical (unpaired) electrons. The predicted octanol–water partition coefficient (Wildman–Crippen LogP) is 4.23. The Hall–Kier alpha value is -3.47. The molecule has 5 heteroatoms. The van der Waals surface area contributed by atoms with Crippen LogP contribution in [-0.2, 0) is 11.8 Å². The number of nitrogens with zero attached hydrogens (tertiary/aromatic N) is 3. The van der Waals surface area contributed by atoms with Crippen molar-refractivity contribution in [2.45, 2.75) is 30.7 Å². The molecule has 5 rings (SSSR count). The Kier molecular flexibility index (Phi) is 4.16. The SMILES string of the molecule is C=CC(=O)n1nc(NC2CC2)c2c1CC(c1ccccc1)(c1ccncc1)C=C2. The van der Waals surface area contributed by atoms with Crippen molar-refractivity contribution in [3.05, 3.63) is 96.0 Å². The van der Waals surface area contributed by atoms with Crippen LogP contribution in [0.15, 0.2) is 73.6 Å². The number of aromatic nitrogens is 3. The third-order valence-electron chi connectivity index (χ3n) is 5.79. The first kappa shape index (κ1) is 17.6. The lowest BCUT2D eigenvalue weighted by Gasteiger charge is -2.34. The third kappa shape index (κ3) is 2.99. The average molecular weight is 382 g/mol. The molecule has 29 heavy (non-hydrogen) atoms. The van der Waals surface area contributed by atoms with E-state index in [2.05, 4.69) is 46.3 Å². The fraction of sp³-hybridized carbons (Fsp3) is 0.208. The molecule has 0 amide bonds. The largest absolute Gasteiger partial charge is 0.365 e. The maximum atomic E-state index is 12.6. The number of nitrogens with one attached hydrogen (secondary N) is 1. The second-order valence-electron chi connectivity index (χ2n) is 7.67. The van der Waals surface area contributed by atoms with Crippen LogP contribution in [0.25, 0.3) is 6.08 Å². The molecule has 2 aliphatic carbocycles. The minimum absolute atomic E-state index is 0.211. The molecule has 0 saturated heterocycles. The summed E-state index contributed by atoms with van der Waals surface area (Å²) in [6, 6.07) is 14.9. The second-order valence-corrected chi connectivity index (χ2v) is 7.67. The Balaban J connectivity index is 1.69. The summed E-state index contributed by atoms with van der Waals surface area (Å²) in [6.45, 7) is 3.66. The van der Waals surface area contributed by atoms with Crippen LogP contribution in [-0.4, -0.2) is 26.7 Å². The van der Waals surface area contributed by atoms with Crippen molar-refractivity contribution in [2.24, 2.45) is 0 Å². The molecular formula is C24H22N4O. The van der Waals surface area contributed by atoms with Gasteiger partial charge < -0.3 is 5.32 Å². The van der Waals surface area contributed by atoms with Gasteiger partial charge in [-0.2, -0.15) is 4.68 Å². The molecule has 1 N–H and O–H groups in total. The highest BCUT2D eigenvalue weighted by molar-refractivity contribution is 5.91. The summed E-state index contributed by atoms with van der Waals surface area (Å²) in [7, 11) is 0. The smallest absolute Gasteiger partial charge is 0.270 e. The number of anilines is 1. The van der Waals surface area contributed by atoms with Gasteiger partial charge in [0.1, 0.15) is 0 Å². The Bertz CT molecular complexity index is 1060. The lowest BCUT2D eigenvalue weighted by atomic mass is 9.69. The van der Waals surface area contributed by atoms with Crippen LogP contribution in [0.3, 0.4) is 0 Å². The van der Waals surface area contributed by atoms with Crippen molar-refractivity contribution in [3.8, 4) is 0 Å². The lowest BCUT2D eigenvalue weighted by molar-refractivity contribution is 0.0950. The summed E-state index contributed by atoms with van der Waals surface area (Å²) in [5.41, 5.74) is 3.81. The van der Waals surface area contributed by atoms with E-state index in [1.165, 1.54) is 16.3 Å². The Morgan fingerprint density at radius 3 is 2.55 bits per heavy atom. The Morgan fingerprint density at radius 1 is 1.14 bits per heavy atom. The predicted molar refractivity (Wildman–Crippen MR) is 114 cm³/mol.